The van der Waals surface area contributed by atoms with Crippen molar-refractivity contribution in [1.82, 2.24) is 9.88 Å². The Kier molecular flexibility index (Phi) is 3.61. The van der Waals surface area contributed by atoms with Gasteiger partial charge >= 0.3 is 0 Å². The van der Waals surface area contributed by atoms with E-state index in [9.17, 15) is 4.79 Å². The number of hydrogen-bond acceptors (Lipinski definition) is 1. The molecule has 4 rings (SSSR count). The van der Waals surface area contributed by atoms with Gasteiger partial charge in [-0.25, -0.2) is 0 Å². The van der Waals surface area contributed by atoms with Crippen LogP contribution in [-0.4, -0.2) is 22.3 Å². The molecule has 2 aromatic rings. The molecule has 0 unspecified atom stereocenters. The van der Waals surface area contributed by atoms with Gasteiger partial charge in [0.25, 0.3) is 0 Å². The van der Waals surface area contributed by atoms with Crippen LogP contribution in [0, 0.1) is 5.92 Å². The lowest BCUT2D eigenvalue weighted by molar-refractivity contribution is -0.133. The van der Waals surface area contributed by atoms with Crippen LogP contribution in [0.1, 0.15) is 43.4 Å². The second-order valence-corrected chi connectivity index (χ2v) is 7.13. The van der Waals surface area contributed by atoms with Crippen LogP contribution in [0.2, 0.25) is 5.02 Å². The summed E-state index contributed by atoms with van der Waals surface area (Å²) < 4.78 is 0. The van der Waals surface area contributed by atoms with Gasteiger partial charge in [-0.2, -0.15) is 0 Å². The van der Waals surface area contributed by atoms with Crippen LogP contribution in [0.3, 0.4) is 0 Å². The van der Waals surface area contributed by atoms with Crippen molar-refractivity contribution < 1.29 is 4.79 Å². The molecule has 0 saturated heterocycles. The average Bonchev–Trinajstić information content (AvgIpc) is 3.14. The Morgan fingerprint density at radius 2 is 2.14 bits per heavy atom. The van der Waals surface area contributed by atoms with Gasteiger partial charge in [-0.3, -0.25) is 4.79 Å². The summed E-state index contributed by atoms with van der Waals surface area (Å²) in [6, 6.07) is 5.95. The third-order valence-corrected chi connectivity index (χ3v) is 5.46. The number of nitrogens with zero attached hydrogens (tertiary/aromatic N) is 1. The maximum absolute atomic E-state index is 12.6. The molecule has 0 spiro atoms. The van der Waals surface area contributed by atoms with E-state index in [-0.39, 0.29) is 0 Å². The highest BCUT2D eigenvalue weighted by Gasteiger charge is 2.26. The number of amides is 1. The molecule has 1 aliphatic carbocycles. The van der Waals surface area contributed by atoms with Crippen molar-refractivity contribution in [2.75, 3.05) is 6.54 Å². The molecule has 4 heteroatoms. The molecule has 1 aromatic carbocycles. The van der Waals surface area contributed by atoms with E-state index in [0.717, 1.165) is 36.5 Å². The van der Waals surface area contributed by atoms with Crippen molar-refractivity contribution in [3.8, 4) is 0 Å². The number of aromatic nitrogens is 1. The van der Waals surface area contributed by atoms with E-state index in [0.29, 0.717) is 11.8 Å². The van der Waals surface area contributed by atoms with E-state index in [4.69, 9.17) is 11.6 Å². The first-order valence-electron chi connectivity index (χ1n) is 8.27. The van der Waals surface area contributed by atoms with Gasteiger partial charge in [0.1, 0.15) is 0 Å². The Hall–Kier alpha value is -1.48. The predicted molar refractivity (Wildman–Crippen MR) is 89.0 cm³/mol. The molecular weight excluding hydrogens is 296 g/mol. The normalized spacial score (nSPS) is 18.9. The summed E-state index contributed by atoms with van der Waals surface area (Å²) >= 11 is 6.14. The van der Waals surface area contributed by atoms with Crippen molar-refractivity contribution in [1.29, 1.82) is 0 Å². The van der Waals surface area contributed by atoms with Gasteiger partial charge in [0.15, 0.2) is 0 Å². The molecule has 0 radical (unpaired) electrons. The Morgan fingerprint density at radius 3 is 2.95 bits per heavy atom. The lowest BCUT2D eigenvalue weighted by Crippen LogP contribution is -2.36. The molecular formula is C18H21ClN2O. The number of benzene rings is 1. The first kappa shape index (κ1) is 14.1. The van der Waals surface area contributed by atoms with E-state index >= 15 is 0 Å². The summed E-state index contributed by atoms with van der Waals surface area (Å²) in [5.41, 5.74) is 3.64. The van der Waals surface area contributed by atoms with Crippen LogP contribution < -0.4 is 0 Å². The quantitative estimate of drug-likeness (QED) is 0.881. The van der Waals surface area contributed by atoms with Gasteiger partial charge in [0, 0.05) is 53.1 Å². The van der Waals surface area contributed by atoms with Gasteiger partial charge in [-0.1, -0.05) is 24.4 Å². The number of H-pyrrole nitrogens is 1. The Morgan fingerprint density at radius 1 is 1.32 bits per heavy atom. The third-order valence-electron chi connectivity index (χ3n) is 5.23. The SMILES string of the molecule is O=C(CC1CCCC1)N1CCc2[nH]c3ccc(Cl)cc3c2C1. The zero-order valence-electron chi connectivity index (χ0n) is 12.7. The largest absolute Gasteiger partial charge is 0.358 e. The maximum Gasteiger partial charge on any atom is 0.223 e. The molecule has 0 bridgehead atoms. The minimum atomic E-state index is 0.328. The number of fused-ring (bicyclic) bond motifs is 3. The summed E-state index contributed by atoms with van der Waals surface area (Å²) in [6.07, 6.45) is 6.70. The maximum atomic E-state index is 12.6. The average molecular weight is 317 g/mol. The van der Waals surface area contributed by atoms with Crippen LogP contribution in [-0.2, 0) is 17.8 Å². The highest BCUT2D eigenvalue weighted by atomic mass is 35.5. The fourth-order valence-electron chi connectivity index (χ4n) is 3.99. The smallest absolute Gasteiger partial charge is 0.223 e. The summed E-state index contributed by atoms with van der Waals surface area (Å²) in [5.74, 6) is 0.945. The van der Waals surface area contributed by atoms with Crippen molar-refractivity contribution in [3.05, 3.63) is 34.5 Å². The molecule has 2 aliphatic rings. The Balaban J connectivity index is 1.56. The fourth-order valence-corrected chi connectivity index (χ4v) is 4.16. The second kappa shape index (κ2) is 5.62. The number of carbonyl (C=O) groups is 1. The molecule has 22 heavy (non-hydrogen) atoms. The zero-order valence-corrected chi connectivity index (χ0v) is 13.5. The Labute approximate surface area is 135 Å². The minimum Gasteiger partial charge on any atom is -0.358 e. The number of aromatic amines is 1. The van der Waals surface area contributed by atoms with Crippen molar-refractivity contribution in [3.63, 3.8) is 0 Å². The highest BCUT2D eigenvalue weighted by molar-refractivity contribution is 6.31. The third kappa shape index (κ3) is 2.52. The molecule has 1 amide bonds. The van der Waals surface area contributed by atoms with Gasteiger partial charge in [0.2, 0.25) is 5.91 Å². The van der Waals surface area contributed by atoms with Crippen molar-refractivity contribution in [2.45, 2.75) is 45.1 Å². The predicted octanol–water partition coefficient (Wildman–Crippen LogP) is 4.29. The molecule has 3 nitrogen and oxygen atoms in total. The number of hydrogen-bond donors (Lipinski definition) is 1. The van der Waals surface area contributed by atoms with Crippen LogP contribution in [0.25, 0.3) is 10.9 Å². The van der Waals surface area contributed by atoms with Crippen LogP contribution in [0.4, 0.5) is 0 Å². The Bertz CT molecular complexity index is 715. The van der Waals surface area contributed by atoms with E-state index in [1.54, 1.807) is 0 Å². The van der Waals surface area contributed by atoms with E-state index in [1.807, 2.05) is 23.1 Å². The van der Waals surface area contributed by atoms with Gasteiger partial charge in [0.05, 0.1) is 0 Å². The highest BCUT2D eigenvalue weighted by Crippen LogP contribution is 2.32. The molecule has 116 valence electrons. The molecule has 0 atom stereocenters. The molecule has 1 fully saturated rings. The van der Waals surface area contributed by atoms with E-state index in [2.05, 4.69) is 4.98 Å². The van der Waals surface area contributed by atoms with Crippen LogP contribution in [0.15, 0.2) is 18.2 Å². The molecule has 1 N–H and O–H groups in total. The van der Waals surface area contributed by atoms with Crippen molar-refractivity contribution >= 4 is 28.4 Å². The minimum absolute atomic E-state index is 0.328. The topological polar surface area (TPSA) is 36.1 Å². The summed E-state index contributed by atoms with van der Waals surface area (Å²) in [7, 11) is 0. The number of halogens is 1. The summed E-state index contributed by atoms with van der Waals surface area (Å²) in [5, 5.41) is 1.92. The molecule has 1 aromatic heterocycles. The standard InChI is InChI=1S/C18H21ClN2O/c19-13-5-6-16-14(10-13)15-11-21(8-7-17(15)20-16)18(22)9-12-3-1-2-4-12/h5-6,10,12,20H,1-4,7-9,11H2. The van der Waals surface area contributed by atoms with Crippen LogP contribution in [0.5, 0.6) is 0 Å². The molecule has 1 aliphatic heterocycles. The molecule has 2 heterocycles. The first-order chi connectivity index (χ1) is 10.7. The lowest BCUT2D eigenvalue weighted by atomic mass is 10.0. The van der Waals surface area contributed by atoms with Gasteiger partial charge in [-0.15, -0.1) is 0 Å². The van der Waals surface area contributed by atoms with E-state index in [1.165, 1.54) is 42.3 Å². The van der Waals surface area contributed by atoms with E-state index < -0.39 is 0 Å². The molecule has 1 saturated carbocycles. The number of rotatable bonds is 2. The van der Waals surface area contributed by atoms with Gasteiger partial charge < -0.3 is 9.88 Å². The first-order valence-corrected chi connectivity index (χ1v) is 8.65. The number of carbonyl (C=O) groups excluding carboxylic acids is 1. The number of nitrogens with one attached hydrogen (secondary N) is 1. The second-order valence-electron chi connectivity index (χ2n) is 6.69. The lowest BCUT2D eigenvalue weighted by Gasteiger charge is -2.28. The van der Waals surface area contributed by atoms with Gasteiger partial charge in [-0.05, 0) is 37.0 Å². The zero-order chi connectivity index (χ0) is 15.1. The summed E-state index contributed by atoms with van der Waals surface area (Å²) in [4.78, 5) is 18.1. The fraction of sp³-hybridized carbons (Fsp3) is 0.500. The summed E-state index contributed by atoms with van der Waals surface area (Å²) in [6.45, 7) is 1.56. The van der Waals surface area contributed by atoms with Crippen LogP contribution >= 0.6 is 11.6 Å². The monoisotopic (exact) mass is 316 g/mol. The van der Waals surface area contributed by atoms with Crippen molar-refractivity contribution in [2.24, 2.45) is 5.92 Å².